The predicted molar refractivity (Wildman–Crippen MR) is 58.0 cm³/mol. The third-order valence-corrected chi connectivity index (χ3v) is 3.04. The van der Waals surface area contributed by atoms with Crippen molar-refractivity contribution in [2.45, 2.75) is 19.2 Å². The van der Waals surface area contributed by atoms with Crippen LogP contribution in [0.3, 0.4) is 0 Å². The molecular weight excluding hydrogens is 285 g/mol. The average Bonchev–Trinajstić information content (AvgIpc) is 2.19. The molecule has 0 radical (unpaired) electrons. The van der Waals surface area contributed by atoms with Crippen LogP contribution in [0.1, 0.15) is 18.4 Å². The second-order valence-corrected chi connectivity index (χ2v) is 4.48. The summed E-state index contributed by atoms with van der Waals surface area (Å²) < 4.78 is 66.2. The number of hydrogen-bond acceptors (Lipinski definition) is 2. The summed E-state index contributed by atoms with van der Waals surface area (Å²) in [5.74, 6) is -4.76. The number of hydrogen-bond donors (Lipinski definition) is 0. The van der Waals surface area contributed by atoms with E-state index in [1.807, 2.05) is 0 Å². The Morgan fingerprint density at radius 1 is 1.25 bits per heavy atom. The van der Waals surface area contributed by atoms with Gasteiger partial charge in [0, 0.05) is 25.9 Å². The number of nitrogens with zero attached hydrogens (tertiary/aromatic N) is 1. The molecule has 2 rings (SSSR count). The molecule has 1 amide bonds. The quantitative estimate of drug-likeness (QED) is 0.785. The first kappa shape index (κ1) is 14.5. The van der Waals surface area contributed by atoms with Crippen LogP contribution in [0.4, 0.5) is 22.0 Å². The van der Waals surface area contributed by atoms with Gasteiger partial charge in [-0.25, -0.2) is 8.78 Å². The molecule has 1 fully saturated rings. The molecule has 1 aliphatic heterocycles. The first-order valence-electron chi connectivity index (χ1n) is 5.67. The number of carbonyl (C=O) groups is 1. The van der Waals surface area contributed by atoms with Gasteiger partial charge in [-0.3, -0.25) is 4.79 Å². The summed E-state index contributed by atoms with van der Waals surface area (Å²) >= 11 is 0. The van der Waals surface area contributed by atoms with Crippen molar-refractivity contribution >= 4 is 5.91 Å². The third kappa shape index (κ3) is 3.00. The highest BCUT2D eigenvalue weighted by atomic mass is 19.4. The zero-order valence-electron chi connectivity index (χ0n) is 10.3. The first-order valence-corrected chi connectivity index (χ1v) is 5.67. The van der Waals surface area contributed by atoms with Gasteiger partial charge in [0.2, 0.25) is 11.7 Å². The van der Waals surface area contributed by atoms with Crippen molar-refractivity contribution in [3.63, 3.8) is 0 Å². The van der Waals surface area contributed by atoms with E-state index in [-0.39, 0.29) is 30.5 Å². The van der Waals surface area contributed by atoms with E-state index in [1.54, 1.807) is 0 Å². The second-order valence-electron chi connectivity index (χ2n) is 4.48. The van der Waals surface area contributed by atoms with Gasteiger partial charge in [-0.05, 0) is 17.7 Å². The van der Waals surface area contributed by atoms with Crippen molar-refractivity contribution in [2.24, 2.45) is 0 Å². The molecule has 0 N–H and O–H groups in total. The van der Waals surface area contributed by atoms with E-state index >= 15 is 0 Å². The largest absolute Gasteiger partial charge is 0.573 e. The van der Waals surface area contributed by atoms with Gasteiger partial charge in [0.25, 0.3) is 0 Å². The Hall–Kier alpha value is -1.86. The highest BCUT2D eigenvalue weighted by Crippen LogP contribution is 2.34. The molecule has 0 spiro atoms. The van der Waals surface area contributed by atoms with Gasteiger partial charge in [0.1, 0.15) is 0 Å². The van der Waals surface area contributed by atoms with Crippen LogP contribution in [0.2, 0.25) is 0 Å². The molecule has 1 aliphatic rings. The molecule has 0 bridgehead atoms. The van der Waals surface area contributed by atoms with Crippen molar-refractivity contribution in [1.29, 1.82) is 0 Å². The smallest absolute Gasteiger partial charge is 0.399 e. The maximum Gasteiger partial charge on any atom is 0.573 e. The molecule has 0 saturated carbocycles. The zero-order valence-corrected chi connectivity index (χ0v) is 10.3. The van der Waals surface area contributed by atoms with Crippen molar-refractivity contribution in [1.82, 2.24) is 4.90 Å². The minimum absolute atomic E-state index is 0.167. The van der Waals surface area contributed by atoms with Gasteiger partial charge in [-0.1, -0.05) is 0 Å². The van der Waals surface area contributed by atoms with E-state index in [0.717, 1.165) is 12.1 Å². The van der Waals surface area contributed by atoms with Crippen LogP contribution in [0, 0.1) is 11.6 Å². The van der Waals surface area contributed by atoms with Crippen LogP contribution in [0.25, 0.3) is 0 Å². The number of carbonyl (C=O) groups excluding carboxylic acids is 1. The van der Waals surface area contributed by atoms with E-state index < -0.39 is 23.7 Å². The standard InChI is InChI=1S/C12H10F5NO2/c1-6(19)18-4-8(5-18)7-2-9(13)11(10(14)3-7)20-12(15,16)17/h2-3,8H,4-5H2,1H3. The van der Waals surface area contributed by atoms with Crippen LogP contribution in [0.5, 0.6) is 5.75 Å². The van der Waals surface area contributed by atoms with E-state index in [9.17, 15) is 26.7 Å². The van der Waals surface area contributed by atoms with Gasteiger partial charge in [-0.2, -0.15) is 0 Å². The number of ether oxygens (including phenoxy) is 1. The SMILES string of the molecule is CC(=O)N1CC(c2cc(F)c(OC(F)(F)F)c(F)c2)C1. The highest BCUT2D eigenvalue weighted by molar-refractivity contribution is 5.74. The van der Waals surface area contributed by atoms with Crippen LogP contribution in [-0.2, 0) is 4.79 Å². The molecule has 0 atom stereocenters. The molecule has 0 aromatic heterocycles. The Morgan fingerprint density at radius 2 is 1.75 bits per heavy atom. The van der Waals surface area contributed by atoms with Crippen LogP contribution >= 0.6 is 0 Å². The van der Waals surface area contributed by atoms with E-state index in [1.165, 1.54) is 11.8 Å². The van der Waals surface area contributed by atoms with Gasteiger partial charge >= 0.3 is 6.36 Å². The van der Waals surface area contributed by atoms with E-state index in [4.69, 9.17) is 0 Å². The van der Waals surface area contributed by atoms with Crippen LogP contribution in [-0.4, -0.2) is 30.3 Å². The lowest BCUT2D eigenvalue weighted by molar-refractivity contribution is -0.276. The third-order valence-electron chi connectivity index (χ3n) is 3.04. The molecule has 8 heteroatoms. The minimum Gasteiger partial charge on any atom is -0.399 e. The molecule has 0 unspecified atom stereocenters. The summed E-state index contributed by atoms with van der Waals surface area (Å²) in [7, 11) is 0. The fourth-order valence-electron chi connectivity index (χ4n) is 1.97. The fourth-order valence-corrected chi connectivity index (χ4v) is 1.97. The average molecular weight is 295 g/mol. The molecule has 110 valence electrons. The monoisotopic (exact) mass is 295 g/mol. The molecule has 1 heterocycles. The number of halogens is 5. The van der Waals surface area contributed by atoms with Gasteiger partial charge in [0.05, 0.1) is 0 Å². The lowest BCUT2D eigenvalue weighted by Gasteiger charge is -2.39. The zero-order chi connectivity index (χ0) is 15.1. The van der Waals surface area contributed by atoms with Crippen molar-refractivity contribution < 1.29 is 31.5 Å². The molecular formula is C12H10F5NO2. The Labute approximate surface area is 110 Å². The first-order chi connectivity index (χ1) is 9.17. The number of rotatable bonds is 2. The van der Waals surface area contributed by atoms with Gasteiger partial charge in [-0.15, -0.1) is 13.2 Å². The van der Waals surface area contributed by atoms with Crippen LogP contribution in [0.15, 0.2) is 12.1 Å². The maximum atomic E-state index is 13.5. The Kier molecular flexibility index (Phi) is 3.58. The van der Waals surface area contributed by atoms with Gasteiger partial charge < -0.3 is 9.64 Å². The Morgan fingerprint density at radius 3 is 2.15 bits per heavy atom. The van der Waals surface area contributed by atoms with Crippen molar-refractivity contribution in [3.8, 4) is 5.75 Å². The van der Waals surface area contributed by atoms with E-state index in [0.29, 0.717) is 0 Å². The summed E-state index contributed by atoms with van der Waals surface area (Å²) in [6.45, 7) is 1.93. The summed E-state index contributed by atoms with van der Waals surface area (Å²) in [6.07, 6.45) is -5.16. The summed E-state index contributed by atoms with van der Waals surface area (Å²) in [5, 5.41) is 0. The van der Waals surface area contributed by atoms with Crippen LogP contribution < -0.4 is 4.74 Å². The Bertz CT molecular complexity index is 514. The van der Waals surface area contributed by atoms with Crippen molar-refractivity contribution in [3.05, 3.63) is 29.3 Å². The lowest BCUT2D eigenvalue weighted by atomic mass is 9.91. The summed E-state index contributed by atoms with van der Waals surface area (Å²) in [6, 6.07) is 1.60. The number of amides is 1. The molecule has 20 heavy (non-hydrogen) atoms. The minimum atomic E-state index is -5.16. The molecule has 0 aliphatic carbocycles. The van der Waals surface area contributed by atoms with Crippen molar-refractivity contribution in [2.75, 3.05) is 13.1 Å². The van der Waals surface area contributed by atoms with Gasteiger partial charge in [0.15, 0.2) is 11.6 Å². The molecule has 3 nitrogen and oxygen atoms in total. The molecule has 1 aromatic rings. The molecule has 1 saturated heterocycles. The lowest BCUT2D eigenvalue weighted by Crippen LogP contribution is -2.47. The highest BCUT2D eigenvalue weighted by Gasteiger charge is 2.35. The van der Waals surface area contributed by atoms with E-state index in [2.05, 4.69) is 4.74 Å². The number of likely N-dealkylation sites (tertiary alicyclic amines) is 1. The number of alkyl halides is 3. The number of benzene rings is 1. The second kappa shape index (κ2) is 4.92. The maximum absolute atomic E-state index is 13.5. The summed E-state index contributed by atoms with van der Waals surface area (Å²) in [5.41, 5.74) is 0.201. The normalized spacial score (nSPS) is 16.0. The summed E-state index contributed by atoms with van der Waals surface area (Å²) in [4.78, 5) is 12.4. The predicted octanol–water partition coefficient (Wildman–Crippen LogP) is 2.81. The fraction of sp³-hybridized carbons (Fsp3) is 0.417. The Balaban J connectivity index is 2.17. The topological polar surface area (TPSA) is 29.5 Å². The molecule has 1 aromatic carbocycles.